The lowest BCUT2D eigenvalue weighted by atomic mass is 9.66. The summed E-state index contributed by atoms with van der Waals surface area (Å²) in [4.78, 5) is 12.2. The first-order chi connectivity index (χ1) is 5.85. The van der Waals surface area contributed by atoms with Gasteiger partial charge in [-0.05, 0) is 11.8 Å². The molecule has 1 heterocycles. The van der Waals surface area contributed by atoms with Crippen molar-refractivity contribution in [3.05, 3.63) is 0 Å². The van der Waals surface area contributed by atoms with Crippen molar-refractivity contribution in [3.63, 3.8) is 0 Å². The summed E-state index contributed by atoms with van der Waals surface area (Å²) in [7, 11) is 0. The Kier molecular flexibility index (Phi) is 2.28. The van der Waals surface area contributed by atoms with Crippen LogP contribution in [0.2, 0.25) is 0 Å². The second-order valence-electron chi connectivity index (χ2n) is 4.62. The lowest BCUT2D eigenvalue weighted by Gasteiger charge is -2.57. The van der Waals surface area contributed by atoms with Crippen LogP contribution in [-0.4, -0.2) is 39.9 Å². The highest BCUT2D eigenvalue weighted by molar-refractivity contribution is 5.67. The Labute approximate surface area is 78.2 Å². The van der Waals surface area contributed by atoms with Gasteiger partial charge in [-0.1, -0.05) is 20.8 Å². The number of hydrogen-bond donors (Lipinski definition) is 2. The van der Waals surface area contributed by atoms with Gasteiger partial charge in [-0.25, -0.2) is 4.79 Å². The number of amides is 1. The molecule has 0 spiro atoms. The first kappa shape index (κ1) is 10.3. The minimum absolute atomic E-state index is 0.0944. The number of likely N-dealkylation sites (tertiary alicyclic amines) is 1. The molecule has 1 fully saturated rings. The van der Waals surface area contributed by atoms with E-state index in [0.29, 0.717) is 6.54 Å². The topological polar surface area (TPSA) is 60.8 Å². The third kappa shape index (κ3) is 1.29. The molecule has 4 heteroatoms. The van der Waals surface area contributed by atoms with Crippen molar-refractivity contribution in [2.75, 3.05) is 13.2 Å². The van der Waals surface area contributed by atoms with Gasteiger partial charge in [0.15, 0.2) is 0 Å². The van der Waals surface area contributed by atoms with Crippen LogP contribution in [-0.2, 0) is 0 Å². The predicted octanol–water partition coefficient (Wildman–Crippen LogP) is 1.15. The number of aliphatic hydroxyl groups is 1. The van der Waals surface area contributed by atoms with Gasteiger partial charge in [0.1, 0.15) is 0 Å². The molecule has 0 aliphatic carbocycles. The minimum Gasteiger partial charge on any atom is -0.465 e. The molecule has 13 heavy (non-hydrogen) atoms. The van der Waals surface area contributed by atoms with Gasteiger partial charge in [0, 0.05) is 6.54 Å². The zero-order valence-corrected chi connectivity index (χ0v) is 8.37. The lowest BCUT2D eigenvalue weighted by molar-refractivity contribution is -0.102. The average molecular weight is 187 g/mol. The smallest absolute Gasteiger partial charge is 0.407 e. The molecule has 0 saturated carbocycles. The highest BCUT2D eigenvalue weighted by Gasteiger charge is 2.54. The van der Waals surface area contributed by atoms with Crippen LogP contribution in [0, 0.1) is 5.41 Å². The second-order valence-corrected chi connectivity index (χ2v) is 4.62. The number of hydrogen-bond acceptors (Lipinski definition) is 2. The summed E-state index contributed by atoms with van der Waals surface area (Å²) in [5.41, 5.74) is -0.781. The van der Waals surface area contributed by atoms with Gasteiger partial charge < -0.3 is 10.2 Å². The van der Waals surface area contributed by atoms with Crippen LogP contribution >= 0.6 is 0 Å². The van der Waals surface area contributed by atoms with Gasteiger partial charge in [0.05, 0.1) is 12.1 Å². The van der Waals surface area contributed by atoms with Crippen LogP contribution in [0.4, 0.5) is 4.79 Å². The molecular weight excluding hydrogens is 170 g/mol. The van der Waals surface area contributed by atoms with Crippen LogP contribution in [0.15, 0.2) is 0 Å². The summed E-state index contributed by atoms with van der Waals surface area (Å²) < 4.78 is 0. The van der Waals surface area contributed by atoms with E-state index in [1.807, 2.05) is 20.8 Å². The van der Waals surface area contributed by atoms with Crippen molar-refractivity contribution in [2.24, 2.45) is 5.41 Å². The third-order valence-electron chi connectivity index (χ3n) is 3.15. The maximum atomic E-state index is 10.8. The van der Waals surface area contributed by atoms with Crippen LogP contribution in [0.1, 0.15) is 27.2 Å². The fourth-order valence-electron chi connectivity index (χ4n) is 1.95. The van der Waals surface area contributed by atoms with E-state index in [1.54, 1.807) is 0 Å². The van der Waals surface area contributed by atoms with Crippen molar-refractivity contribution in [3.8, 4) is 0 Å². The third-order valence-corrected chi connectivity index (χ3v) is 3.15. The first-order valence-corrected chi connectivity index (χ1v) is 4.46. The summed E-state index contributed by atoms with van der Waals surface area (Å²) in [6.45, 7) is 6.31. The van der Waals surface area contributed by atoms with Crippen LogP contribution in [0.5, 0.6) is 0 Å². The van der Waals surface area contributed by atoms with Gasteiger partial charge in [0.25, 0.3) is 0 Å². The summed E-state index contributed by atoms with van der Waals surface area (Å²) in [5.74, 6) is 0. The fourth-order valence-corrected chi connectivity index (χ4v) is 1.95. The molecule has 0 aromatic carbocycles. The molecule has 1 aliphatic heterocycles. The van der Waals surface area contributed by atoms with Gasteiger partial charge in [-0.2, -0.15) is 0 Å². The summed E-state index contributed by atoms with van der Waals surface area (Å²) in [6, 6.07) is 0. The van der Waals surface area contributed by atoms with Crippen LogP contribution < -0.4 is 0 Å². The van der Waals surface area contributed by atoms with Gasteiger partial charge in [-0.15, -0.1) is 0 Å². The molecule has 1 atom stereocenters. The zero-order chi connectivity index (χ0) is 10.3. The molecule has 76 valence electrons. The minimum atomic E-state index is -0.935. The average Bonchev–Trinajstić information content (AvgIpc) is 1.81. The van der Waals surface area contributed by atoms with E-state index >= 15 is 0 Å². The van der Waals surface area contributed by atoms with Crippen LogP contribution in [0.3, 0.4) is 0 Å². The summed E-state index contributed by atoms with van der Waals surface area (Å²) in [5, 5.41) is 18.2. The molecule has 0 aromatic rings. The predicted molar refractivity (Wildman–Crippen MR) is 48.6 cm³/mol. The van der Waals surface area contributed by atoms with Crippen molar-refractivity contribution < 1.29 is 15.0 Å². The summed E-state index contributed by atoms with van der Waals surface area (Å²) >= 11 is 0. The largest absolute Gasteiger partial charge is 0.465 e. The lowest BCUT2D eigenvalue weighted by Crippen LogP contribution is -2.69. The number of nitrogens with zero attached hydrogens (tertiary/aromatic N) is 1. The van der Waals surface area contributed by atoms with E-state index in [9.17, 15) is 9.90 Å². The second kappa shape index (κ2) is 2.87. The monoisotopic (exact) mass is 187 g/mol. The number of carboxylic acid groups (broad SMARTS) is 1. The highest BCUT2D eigenvalue weighted by Crippen LogP contribution is 2.44. The molecule has 1 aliphatic rings. The number of carbonyl (C=O) groups is 1. The van der Waals surface area contributed by atoms with E-state index in [4.69, 9.17) is 5.11 Å². The standard InChI is InChI=1S/C9H17NO3/c1-8(2,3)9(6-11)4-5-10(9)7(12)13/h11H,4-6H2,1-3H3,(H,12,13). The normalized spacial score (nSPS) is 28.5. The van der Waals surface area contributed by atoms with E-state index in [2.05, 4.69) is 0 Å². The van der Waals surface area contributed by atoms with Crippen molar-refractivity contribution in [2.45, 2.75) is 32.7 Å². The van der Waals surface area contributed by atoms with E-state index in [-0.39, 0.29) is 12.0 Å². The van der Waals surface area contributed by atoms with Crippen LogP contribution in [0.25, 0.3) is 0 Å². The summed E-state index contributed by atoms with van der Waals surface area (Å²) in [6.07, 6.45) is -0.186. The molecule has 0 bridgehead atoms. The van der Waals surface area contributed by atoms with E-state index in [1.165, 1.54) is 4.90 Å². The Morgan fingerprint density at radius 2 is 2.08 bits per heavy atom. The number of rotatable bonds is 1. The van der Waals surface area contributed by atoms with E-state index < -0.39 is 11.6 Å². The Morgan fingerprint density at radius 1 is 1.54 bits per heavy atom. The van der Waals surface area contributed by atoms with Gasteiger partial charge in [0.2, 0.25) is 0 Å². The SMILES string of the molecule is CC(C)(C)C1(CO)CCN1C(=O)O. The zero-order valence-electron chi connectivity index (χ0n) is 8.37. The van der Waals surface area contributed by atoms with Crippen molar-refractivity contribution in [1.82, 2.24) is 4.90 Å². The van der Waals surface area contributed by atoms with E-state index in [0.717, 1.165) is 6.42 Å². The molecule has 1 rings (SSSR count). The molecule has 2 N–H and O–H groups in total. The number of aliphatic hydroxyl groups excluding tert-OH is 1. The maximum Gasteiger partial charge on any atom is 0.407 e. The molecule has 4 nitrogen and oxygen atoms in total. The molecule has 0 aromatic heterocycles. The molecular formula is C9H17NO3. The Morgan fingerprint density at radius 3 is 2.15 bits per heavy atom. The van der Waals surface area contributed by atoms with Gasteiger partial charge >= 0.3 is 6.09 Å². The Balaban J connectivity index is 2.90. The fraction of sp³-hybridized carbons (Fsp3) is 0.889. The first-order valence-electron chi connectivity index (χ1n) is 4.46. The molecule has 1 saturated heterocycles. The van der Waals surface area contributed by atoms with Gasteiger partial charge in [-0.3, -0.25) is 4.90 Å². The van der Waals surface area contributed by atoms with Crippen molar-refractivity contribution >= 4 is 6.09 Å². The Bertz CT molecular complexity index is 217. The van der Waals surface area contributed by atoms with Crippen molar-refractivity contribution in [1.29, 1.82) is 0 Å². The molecule has 1 amide bonds. The molecule has 1 unspecified atom stereocenters. The maximum absolute atomic E-state index is 10.8. The Hall–Kier alpha value is -0.770. The molecule has 0 radical (unpaired) electrons. The quantitative estimate of drug-likeness (QED) is 0.647. The highest BCUT2D eigenvalue weighted by atomic mass is 16.4.